The Labute approximate surface area is 607 Å². The lowest BCUT2D eigenvalue weighted by molar-refractivity contribution is -0.161. The lowest BCUT2D eigenvalue weighted by Gasteiger charge is -2.21. The third kappa shape index (κ3) is 70.2. The van der Waals surface area contributed by atoms with E-state index in [0.29, 0.717) is 31.6 Å². The van der Waals surface area contributed by atoms with Gasteiger partial charge in [-0.05, 0) is 49.4 Å². The Balaban J connectivity index is 5.12. The molecule has 17 nitrogen and oxygen atoms in total. The van der Waals surface area contributed by atoms with E-state index in [4.69, 9.17) is 37.0 Å². The van der Waals surface area contributed by atoms with Crippen molar-refractivity contribution in [2.24, 2.45) is 23.7 Å². The second-order valence-corrected chi connectivity index (χ2v) is 32.9. The summed E-state index contributed by atoms with van der Waals surface area (Å²) in [6, 6.07) is 0. The summed E-state index contributed by atoms with van der Waals surface area (Å²) in [6.07, 6.45) is 55.8. The van der Waals surface area contributed by atoms with Crippen molar-refractivity contribution in [3.05, 3.63) is 0 Å². The lowest BCUT2D eigenvalue weighted by atomic mass is 9.99. The largest absolute Gasteiger partial charge is 0.472 e. The first-order valence-corrected chi connectivity index (χ1v) is 44.3. The molecule has 19 heteroatoms. The minimum absolute atomic E-state index is 0.103. The average molecular weight is 1450 g/mol. The van der Waals surface area contributed by atoms with Crippen molar-refractivity contribution in [2.45, 2.75) is 427 Å². The van der Waals surface area contributed by atoms with E-state index < -0.39 is 97.5 Å². The van der Waals surface area contributed by atoms with Gasteiger partial charge in [0.15, 0.2) is 12.2 Å². The molecule has 0 aromatic carbocycles. The van der Waals surface area contributed by atoms with E-state index in [-0.39, 0.29) is 25.7 Å². The number of aliphatic hydroxyl groups excluding tert-OH is 1. The number of ether oxygens (including phenoxy) is 4. The van der Waals surface area contributed by atoms with Crippen molar-refractivity contribution in [1.82, 2.24) is 0 Å². The zero-order valence-corrected chi connectivity index (χ0v) is 66.9. The van der Waals surface area contributed by atoms with Crippen LogP contribution in [0.2, 0.25) is 0 Å². The van der Waals surface area contributed by atoms with Crippen LogP contribution in [0.1, 0.15) is 409 Å². The Morgan fingerprint density at radius 2 is 0.485 bits per heavy atom. The predicted molar refractivity (Wildman–Crippen MR) is 404 cm³/mol. The number of esters is 4. The second-order valence-electron chi connectivity index (χ2n) is 30.0. The summed E-state index contributed by atoms with van der Waals surface area (Å²) in [4.78, 5) is 72.8. The van der Waals surface area contributed by atoms with Crippen LogP contribution in [0.25, 0.3) is 0 Å². The fourth-order valence-corrected chi connectivity index (χ4v) is 13.7. The Bertz CT molecular complexity index is 1940. The topological polar surface area (TPSA) is 237 Å². The molecule has 0 radical (unpaired) electrons. The van der Waals surface area contributed by atoms with Gasteiger partial charge in [-0.1, -0.05) is 357 Å². The van der Waals surface area contributed by atoms with Crippen LogP contribution in [0.4, 0.5) is 0 Å². The summed E-state index contributed by atoms with van der Waals surface area (Å²) in [5, 5.41) is 10.6. The Morgan fingerprint density at radius 3 is 0.717 bits per heavy atom. The fourth-order valence-electron chi connectivity index (χ4n) is 12.2. The van der Waals surface area contributed by atoms with E-state index in [1.807, 2.05) is 0 Å². The van der Waals surface area contributed by atoms with Gasteiger partial charge in [0, 0.05) is 25.7 Å². The molecule has 0 aliphatic rings. The molecule has 588 valence electrons. The quantitative estimate of drug-likeness (QED) is 0.0222. The zero-order valence-electron chi connectivity index (χ0n) is 65.1. The molecule has 0 saturated carbocycles. The third-order valence-electron chi connectivity index (χ3n) is 19.7. The van der Waals surface area contributed by atoms with Gasteiger partial charge in [0.1, 0.15) is 19.3 Å². The molecule has 0 heterocycles. The average Bonchev–Trinajstić information content (AvgIpc) is 0.958. The second kappa shape index (κ2) is 69.1. The van der Waals surface area contributed by atoms with E-state index in [9.17, 15) is 43.2 Å². The molecular weight excluding hydrogens is 1290 g/mol. The molecule has 0 fully saturated rings. The SMILES string of the molecule is CCC(C)CCCCCCCCCCCCCCCCCCCCC(=O)O[C@H](COC(=O)CCCCCCCCC(C)C)COP(=O)(O)OC[C@H](O)COP(=O)(O)OC[C@@H](COC(=O)CCCCCCCCCCCCCCCCC(C)CC)OC(=O)CCCCCCCCC(C)CC. The molecule has 8 atom stereocenters. The monoisotopic (exact) mass is 1450 g/mol. The summed E-state index contributed by atoms with van der Waals surface area (Å²) in [6.45, 7) is 14.2. The third-order valence-corrected chi connectivity index (χ3v) is 21.6. The molecule has 0 bridgehead atoms. The van der Waals surface area contributed by atoms with E-state index in [0.717, 1.165) is 114 Å². The van der Waals surface area contributed by atoms with Gasteiger partial charge >= 0.3 is 39.5 Å². The van der Waals surface area contributed by atoms with Crippen LogP contribution in [-0.2, 0) is 65.4 Å². The highest BCUT2D eigenvalue weighted by Crippen LogP contribution is 2.45. The van der Waals surface area contributed by atoms with Crippen LogP contribution >= 0.6 is 15.6 Å². The number of carbonyl (C=O) groups excluding carboxylic acids is 4. The van der Waals surface area contributed by atoms with Crippen LogP contribution in [0.15, 0.2) is 0 Å². The molecule has 3 N–H and O–H groups in total. The molecule has 0 rings (SSSR count). The van der Waals surface area contributed by atoms with Gasteiger partial charge in [0.05, 0.1) is 26.4 Å². The number of hydrogen-bond donors (Lipinski definition) is 3. The van der Waals surface area contributed by atoms with Crippen LogP contribution in [0, 0.1) is 23.7 Å². The molecule has 0 aromatic heterocycles. The zero-order chi connectivity index (χ0) is 73.1. The molecule has 0 aliphatic carbocycles. The maximum absolute atomic E-state index is 13.1. The van der Waals surface area contributed by atoms with E-state index >= 15 is 0 Å². The fraction of sp³-hybridized carbons (Fsp3) is 0.950. The van der Waals surface area contributed by atoms with Gasteiger partial charge in [-0.2, -0.15) is 0 Å². The summed E-state index contributed by atoms with van der Waals surface area (Å²) < 4.78 is 68.6. The summed E-state index contributed by atoms with van der Waals surface area (Å²) in [5.74, 6) is 0.998. The van der Waals surface area contributed by atoms with Crippen molar-refractivity contribution in [2.75, 3.05) is 39.6 Å². The van der Waals surface area contributed by atoms with Gasteiger partial charge < -0.3 is 33.8 Å². The molecule has 0 saturated heterocycles. The molecule has 0 aliphatic heterocycles. The number of aliphatic hydroxyl groups is 1. The van der Waals surface area contributed by atoms with E-state index in [1.54, 1.807) is 0 Å². The van der Waals surface area contributed by atoms with Crippen molar-refractivity contribution in [3.8, 4) is 0 Å². The van der Waals surface area contributed by atoms with Crippen LogP contribution in [0.3, 0.4) is 0 Å². The summed E-state index contributed by atoms with van der Waals surface area (Å²) >= 11 is 0. The lowest BCUT2D eigenvalue weighted by Crippen LogP contribution is -2.30. The Morgan fingerprint density at radius 1 is 0.283 bits per heavy atom. The first-order valence-electron chi connectivity index (χ1n) is 41.3. The van der Waals surface area contributed by atoms with Crippen LogP contribution < -0.4 is 0 Å². The van der Waals surface area contributed by atoms with Crippen molar-refractivity contribution >= 4 is 39.5 Å². The number of carbonyl (C=O) groups is 4. The van der Waals surface area contributed by atoms with Gasteiger partial charge in [-0.3, -0.25) is 37.3 Å². The predicted octanol–water partition coefficient (Wildman–Crippen LogP) is 23.6. The highest BCUT2D eigenvalue weighted by Gasteiger charge is 2.30. The first kappa shape index (κ1) is 97.1. The van der Waals surface area contributed by atoms with Crippen molar-refractivity contribution in [3.63, 3.8) is 0 Å². The number of phosphoric ester groups is 2. The smallest absolute Gasteiger partial charge is 0.462 e. The standard InChI is InChI=1S/C80H156O17P2/c1-9-71(6)57-49-41-32-28-24-20-16-14-12-13-15-17-23-27-31-35-46-54-62-79(84)96-75(67-91-78(83)61-53-45-38-36-40-48-56-70(4)5)68-94-98(86,87)92-64-74(81)65-93-99(88,89)95-69-76(97-80(85)63-55-47-39-37-43-51-59-73(8)11-3)66-90-77(82)60-52-44-34-30-26-22-19-18-21-25-29-33-42-50-58-72(7)10-2/h70-76,81H,9-69H2,1-8H3,(H,86,87)(H,88,89)/t71?,72?,73?,74-,75+,76+/m0/s1. The summed E-state index contributed by atoms with van der Waals surface area (Å²) in [7, 11) is -9.92. The van der Waals surface area contributed by atoms with Gasteiger partial charge in [-0.15, -0.1) is 0 Å². The maximum atomic E-state index is 13.1. The minimum atomic E-state index is -4.96. The number of rotatable bonds is 77. The van der Waals surface area contributed by atoms with Gasteiger partial charge in [0.25, 0.3) is 0 Å². The van der Waals surface area contributed by atoms with E-state index in [1.165, 1.54) is 205 Å². The van der Waals surface area contributed by atoms with Crippen molar-refractivity contribution in [1.29, 1.82) is 0 Å². The number of hydrogen-bond acceptors (Lipinski definition) is 15. The van der Waals surface area contributed by atoms with E-state index in [2.05, 4.69) is 55.4 Å². The minimum Gasteiger partial charge on any atom is -0.462 e. The molecule has 0 aromatic rings. The highest BCUT2D eigenvalue weighted by molar-refractivity contribution is 7.47. The maximum Gasteiger partial charge on any atom is 0.472 e. The summed E-state index contributed by atoms with van der Waals surface area (Å²) in [5.41, 5.74) is 0. The highest BCUT2D eigenvalue weighted by atomic mass is 31.2. The molecule has 0 spiro atoms. The Hall–Kier alpha value is -1.94. The van der Waals surface area contributed by atoms with Gasteiger partial charge in [0.2, 0.25) is 0 Å². The molecule has 0 amide bonds. The molecular formula is C80H156O17P2. The van der Waals surface area contributed by atoms with Crippen LogP contribution in [0.5, 0.6) is 0 Å². The van der Waals surface area contributed by atoms with Crippen LogP contribution in [-0.4, -0.2) is 96.7 Å². The number of phosphoric acid groups is 2. The Kier molecular flexibility index (Phi) is 67.8. The molecule has 99 heavy (non-hydrogen) atoms. The van der Waals surface area contributed by atoms with Gasteiger partial charge in [-0.25, -0.2) is 9.13 Å². The molecule has 5 unspecified atom stereocenters. The number of unbranched alkanes of at least 4 members (excludes halogenated alkanes) is 40. The first-order chi connectivity index (χ1) is 47.7. The van der Waals surface area contributed by atoms with Crippen molar-refractivity contribution < 1.29 is 80.2 Å². The normalized spacial score (nSPS) is 14.9.